The summed E-state index contributed by atoms with van der Waals surface area (Å²) in [6.07, 6.45) is 1.46. The number of aromatic nitrogens is 1. The first-order valence-electron chi connectivity index (χ1n) is 5.71. The van der Waals surface area contributed by atoms with Crippen molar-refractivity contribution in [3.8, 4) is 0 Å². The Morgan fingerprint density at radius 1 is 1.47 bits per heavy atom. The van der Waals surface area contributed by atoms with Gasteiger partial charge < -0.3 is 10.5 Å². The lowest BCUT2D eigenvalue weighted by molar-refractivity contribution is 0.0787. The highest BCUT2D eigenvalue weighted by atomic mass is 35.5. The third-order valence-electron chi connectivity index (χ3n) is 3.00. The number of nitrogens with one attached hydrogen (secondary N) is 1. The Morgan fingerprint density at radius 2 is 2.18 bits per heavy atom. The Morgan fingerprint density at radius 3 is 2.82 bits per heavy atom. The van der Waals surface area contributed by atoms with Gasteiger partial charge in [0.1, 0.15) is 5.82 Å². The fourth-order valence-corrected chi connectivity index (χ4v) is 2.13. The molecule has 5 nitrogen and oxygen atoms in total. The Kier molecular flexibility index (Phi) is 4.17. The van der Waals surface area contributed by atoms with Gasteiger partial charge in [0.2, 0.25) is 0 Å². The average molecular weight is 257 g/mol. The monoisotopic (exact) mass is 256 g/mol. The van der Waals surface area contributed by atoms with Crippen molar-refractivity contribution in [2.24, 2.45) is 5.84 Å². The molecule has 0 atom stereocenters. The van der Waals surface area contributed by atoms with Crippen molar-refractivity contribution in [2.75, 3.05) is 18.5 Å². The largest absolute Gasteiger partial charge is 0.393 e. The molecule has 1 fully saturated rings. The van der Waals surface area contributed by atoms with Crippen molar-refractivity contribution >= 4 is 17.4 Å². The van der Waals surface area contributed by atoms with Crippen LogP contribution in [0.1, 0.15) is 18.5 Å². The van der Waals surface area contributed by atoms with E-state index < -0.39 is 0 Å². The molecule has 1 saturated heterocycles. The number of hydrogen-bond donors (Lipinski definition) is 3. The van der Waals surface area contributed by atoms with Crippen LogP contribution in [-0.4, -0.2) is 34.2 Å². The minimum absolute atomic E-state index is 0.160. The van der Waals surface area contributed by atoms with Gasteiger partial charge in [-0.05, 0) is 25.0 Å². The molecule has 94 valence electrons. The molecular weight excluding hydrogens is 240 g/mol. The fraction of sp³-hybridized carbons (Fsp3) is 0.545. The van der Waals surface area contributed by atoms with E-state index >= 15 is 0 Å². The number of likely N-dealkylation sites (tertiary alicyclic amines) is 1. The fourth-order valence-electron chi connectivity index (χ4n) is 1.96. The Balaban J connectivity index is 2.02. The third kappa shape index (κ3) is 3.29. The van der Waals surface area contributed by atoms with Crippen molar-refractivity contribution < 1.29 is 5.11 Å². The molecule has 0 aliphatic carbocycles. The second-order valence-electron chi connectivity index (χ2n) is 4.28. The van der Waals surface area contributed by atoms with Gasteiger partial charge in [-0.3, -0.25) is 4.90 Å². The molecule has 0 saturated carbocycles. The van der Waals surface area contributed by atoms with Gasteiger partial charge in [-0.2, -0.15) is 0 Å². The molecular formula is C11H17ClN4O. The van der Waals surface area contributed by atoms with Gasteiger partial charge >= 0.3 is 0 Å². The second kappa shape index (κ2) is 5.64. The number of rotatable bonds is 3. The smallest absolute Gasteiger partial charge is 0.140 e. The molecule has 0 amide bonds. The molecule has 1 aromatic rings. The number of anilines is 1. The maximum Gasteiger partial charge on any atom is 0.140 e. The van der Waals surface area contributed by atoms with Crippen LogP contribution in [0.4, 0.5) is 5.82 Å². The van der Waals surface area contributed by atoms with Gasteiger partial charge in [-0.1, -0.05) is 11.6 Å². The number of hydrogen-bond acceptors (Lipinski definition) is 5. The van der Waals surface area contributed by atoms with E-state index in [2.05, 4.69) is 15.3 Å². The number of hydrazine groups is 1. The molecule has 0 aromatic carbocycles. The Hall–Kier alpha value is -0.880. The summed E-state index contributed by atoms with van der Waals surface area (Å²) in [7, 11) is 0. The molecule has 2 heterocycles. The van der Waals surface area contributed by atoms with Crippen LogP contribution in [0.2, 0.25) is 5.02 Å². The SMILES string of the molecule is NNc1ccc(Cl)c(CN2CCC(O)CC2)n1. The van der Waals surface area contributed by atoms with Crippen LogP contribution in [0.15, 0.2) is 12.1 Å². The van der Waals surface area contributed by atoms with Crippen molar-refractivity contribution in [1.29, 1.82) is 0 Å². The normalized spacial score (nSPS) is 18.3. The number of aliphatic hydroxyl groups is 1. The van der Waals surface area contributed by atoms with Crippen LogP contribution in [0, 0.1) is 0 Å². The quantitative estimate of drug-likeness (QED) is 0.555. The predicted molar refractivity (Wildman–Crippen MR) is 67.6 cm³/mol. The summed E-state index contributed by atoms with van der Waals surface area (Å²) in [5.41, 5.74) is 3.33. The molecule has 0 bridgehead atoms. The van der Waals surface area contributed by atoms with E-state index in [0.717, 1.165) is 31.6 Å². The van der Waals surface area contributed by atoms with Crippen molar-refractivity contribution in [3.05, 3.63) is 22.8 Å². The van der Waals surface area contributed by atoms with E-state index in [1.54, 1.807) is 12.1 Å². The van der Waals surface area contributed by atoms with E-state index in [9.17, 15) is 5.11 Å². The van der Waals surface area contributed by atoms with E-state index in [0.29, 0.717) is 17.4 Å². The Labute approximate surface area is 106 Å². The molecule has 2 rings (SSSR count). The topological polar surface area (TPSA) is 74.4 Å². The number of piperidine rings is 1. The van der Waals surface area contributed by atoms with Crippen LogP contribution in [0.25, 0.3) is 0 Å². The van der Waals surface area contributed by atoms with Crippen LogP contribution in [0.5, 0.6) is 0 Å². The van der Waals surface area contributed by atoms with Crippen LogP contribution < -0.4 is 11.3 Å². The maximum atomic E-state index is 9.43. The first-order valence-corrected chi connectivity index (χ1v) is 6.09. The van der Waals surface area contributed by atoms with E-state index in [4.69, 9.17) is 17.4 Å². The molecule has 1 aliphatic heterocycles. The number of aliphatic hydroxyl groups excluding tert-OH is 1. The van der Waals surface area contributed by atoms with Gasteiger partial charge in [-0.25, -0.2) is 10.8 Å². The van der Waals surface area contributed by atoms with Crippen molar-refractivity contribution in [1.82, 2.24) is 9.88 Å². The molecule has 1 aromatic heterocycles. The molecule has 6 heteroatoms. The van der Waals surface area contributed by atoms with Crippen LogP contribution >= 0.6 is 11.6 Å². The van der Waals surface area contributed by atoms with Gasteiger partial charge in [0.25, 0.3) is 0 Å². The zero-order valence-corrected chi connectivity index (χ0v) is 10.3. The second-order valence-corrected chi connectivity index (χ2v) is 4.68. The summed E-state index contributed by atoms with van der Waals surface area (Å²) in [4.78, 5) is 6.57. The zero-order valence-electron chi connectivity index (χ0n) is 9.56. The molecule has 1 aliphatic rings. The van der Waals surface area contributed by atoms with Crippen LogP contribution in [-0.2, 0) is 6.54 Å². The van der Waals surface area contributed by atoms with Gasteiger partial charge in [0, 0.05) is 19.6 Å². The lowest BCUT2D eigenvalue weighted by atomic mass is 10.1. The van der Waals surface area contributed by atoms with E-state index in [1.165, 1.54) is 0 Å². The summed E-state index contributed by atoms with van der Waals surface area (Å²) < 4.78 is 0. The summed E-state index contributed by atoms with van der Waals surface area (Å²) >= 11 is 6.09. The zero-order chi connectivity index (χ0) is 12.3. The summed E-state index contributed by atoms with van der Waals surface area (Å²) in [6.45, 7) is 2.44. The lowest BCUT2D eigenvalue weighted by Crippen LogP contribution is -2.35. The van der Waals surface area contributed by atoms with E-state index in [-0.39, 0.29) is 6.10 Å². The van der Waals surface area contributed by atoms with Crippen molar-refractivity contribution in [3.63, 3.8) is 0 Å². The molecule has 4 N–H and O–H groups in total. The molecule has 0 radical (unpaired) electrons. The number of nitrogen functional groups attached to an aromatic ring is 1. The predicted octanol–water partition coefficient (Wildman–Crippen LogP) is 0.977. The molecule has 17 heavy (non-hydrogen) atoms. The number of nitrogens with zero attached hydrogens (tertiary/aromatic N) is 2. The number of halogens is 1. The summed E-state index contributed by atoms with van der Waals surface area (Å²) in [5.74, 6) is 5.93. The highest BCUT2D eigenvalue weighted by Crippen LogP contribution is 2.20. The van der Waals surface area contributed by atoms with Crippen LogP contribution in [0.3, 0.4) is 0 Å². The first-order chi connectivity index (χ1) is 8.19. The van der Waals surface area contributed by atoms with E-state index in [1.807, 2.05) is 0 Å². The number of nitrogens with two attached hydrogens (primary N) is 1. The Bertz CT molecular complexity index is 380. The van der Waals surface area contributed by atoms with Gasteiger partial charge in [0.05, 0.1) is 16.8 Å². The van der Waals surface area contributed by atoms with Gasteiger partial charge in [-0.15, -0.1) is 0 Å². The highest BCUT2D eigenvalue weighted by molar-refractivity contribution is 6.31. The average Bonchev–Trinajstić information content (AvgIpc) is 2.35. The number of pyridine rings is 1. The maximum absolute atomic E-state index is 9.43. The van der Waals surface area contributed by atoms with Gasteiger partial charge in [0.15, 0.2) is 0 Å². The minimum Gasteiger partial charge on any atom is -0.393 e. The third-order valence-corrected chi connectivity index (χ3v) is 3.34. The molecule has 0 unspecified atom stereocenters. The molecule has 0 spiro atoms. The lowest BCUT2D eigenvalue weighted by Gasteiger charge is -2.29. The highest BCUT2D eigenvalue weighted by Gasteiger charge is 2.18. The van der Waals surface area contributed by atoms with Crippen molar-refractivity contribution in [2.45, 2.75) is 25.5 Å². The first kappa shape index (κ1) is 12.6. The summed E-state index contributed by atoms with van der Waals surface area (Å²) in [5, 5.41) is 10.1. The minimum atomic E-state index is -0.160. The summed E-state index contributed by atoms with van der Waals surface area (Å²) in [6, 6.07) is 3.53. The standard InChI is InChI=1S/C11H17ClN4O/c12-9-1-2-11(15-13)14-10(9)7-16-5-3-8(17)4-6-16/h1-2,8,17H,3-7,13H2,(H,14,15).